The molecule has 1 aliphatic carbocycles. The Balaban J connectivity index is 1.34. The van der Waals surface area contributed by atoms with Crippen LogP contribution < -0.4 is 9.64 Å². The van der Waals surface area contributed by atoms with E-state index in [-0.39, 0.29) is 24.3 Å². The number of nitrogens with zero attached hydrogens (tertiary/aromatic N) is 5. The number of hydrogen-bond donors (Lipinski definition) is 0. The number of amides is 2. The average Bonchev–Trinajstić information content (AvgIpc) is 3.70. The predicted molar refractivity (Wildman–Crippen MR) is 132 cm³/mol. The molecule has 8 nitrogen and oxygen atoms in total. The molecule has 0 spiro atoms. The highest BCUT2D eigenvalue weighted by atomic mass is 16.5. The van der Waals surface area contributed by atoms with Crippen molar-refractivity contribution in [2.24, 2.45) is 11.8 Å². The highest BCUT2D eigenvalue weighted by Gasteiger charge is 2.35. The van der Waals surface area contributed by atoms with Crippen LogP contribution in [0.1, 0.15) is 33.1 Å². The maximum absolute atomic E-state index is 13.1. The van der Waals surface area contributed by atoms with Crippen LogP contribution >= 0.6 is 0 Å². The molecule has 4 rings (SSSR count). The first-order valence-corrected chi connectivity index (χ1v) is 12.2. The van der Waals surface area contributed by atoms with Gasteiger partial charge in [-0.3, -0.25) is 9.59 Å². The largest absolute Gasteiger partial charge is 0.497 e. The molecule has 1 aromatic carbocycles. The lowest BCUT2D eigenvalue weighted by Gasteiger charge is -2.28. The fraction of sp³-hybridized carbons (Fsp3) is 0.538. The number of methoxy groups -OCH3 is 1. The topological polar surface area (TPSA) is 78.9 Å². The average molecular weight is 466 g/mol. The second-order valence-electron chi connectivity index (χ2n) is 9.61. The highest BCUT2D eigenvalue weighted by Crippen LogP contribution is 2.31. The van der Waals surface area contributed by atoms with E-state index in [1.165, 1.54) is 0 Å². The van der Waals surface area contributed by atoms with Crippen LogP contribution in [0.3, 0.4) is 0 Å². The van der Waals surface area contributed by atoms with E-state index in [1.807, 2.05) is 41.3 Å². The number of carbonyl (C=O) groups excluding carboxylic acids is 2. The molecule has 1 aromatic heterocycles. The molecule has 1 aliphatic heterocycles. The number of ether oxygens (including phenoxy) is 1. The first kappa shape index (κ1) is 24.0. The number of aromatic nitrogens is 2. The number of anilines is 1. The van der Waals surface area contributed by atoms with Gasteiger partial charge in [0, 0.05) is 44.2 Å². The zero-order chi connectivity index (χ0) is 24.1. The van der Waals surface area contributed by atoms with Gasteiger partial charge in [-0.1, -0.05) is 13.8 Å². The Morgan fingerprint density at radius 1 is 1.03 bits per heavy atom. The molecule has 2 aromatic rings. The van der Waals surface area contributed by atoms with Crippen LogP contribution in [-0.4, -0.2) is 78.2 Å². The van der Waals surface area contributed by atoms with E-state index in [9.17, 15) is 9.59 Å². The van der Waals surface area contributed by atoms with Crippen LogP contribution in [-0.2, 0) is 9.59 Å². The van der Waals surface area contributed by atoms with Crippen LogP contribution in [0.4, 0.5) is 5.82 Å². The number of rotatable bonds is 8. The van der Waals surface area contributed by atoms with Crippen LogP contribution in [0.15, 0.2) is 36.4 Å². The monoisotopic (exact) mass is 465 g/mol. The molecule has 8 heteroatoms. The minimum atomic E-state index is 0.0393. The lowest BCUT2D eigenvalue weighted by molar-refractivity contribution is -0.141. The summed E-state index contributed by atoms with van der Waals surface area (Å²) in [4.78, 5) is 31.6. The van der Waals surface area contributed by atoms with Gasteiger partial charge in [-0.25, -0.2) is 0 Å². The molecule has 2 aliphatic rings. The van der Waals surface area contributed by atoms with E-state index >= 15 is 0 Å². The van der Waals surface area contributed by atoms with Gasteiger partial charge in [-0.15, -0.1) is 10.2 Å². The standard InChI is InChI=1S/C26H35N5O3/c1-19(2)17-31(26(33)21-5-6-21)18-25(32)30-14-4-13-29(15-16-30)24-12-11-23(27-28-24)20-7-9-22(34-3)10-8-20/h7-12,19,21H,4-6,13-18H2,1-3H3. The third-order valence-electron chi connectivity index (χ3n) is 6.36. The van der Waals surface area contributed by atoms with Crippen molar-refractivity contribution >= 4 is 17.6 Å². The van der Waals surface area contributed by atoms with Gasteiger partial charge in [0.05, 0.1) is 19.3 Å². The van der Waals surface area contributed by atoms with E-state index < -0.39 is 0 Å². The molecule has 1 saturated carbocycles. The van der Waals surface area contributed by atoms with Gasteiger partial charge < -0.3 is 19.4 Å². The minimum Gasteiger partial charge on any atom is -0.497 e. The van der Waals surface area contributed by atoms with E-state index in [2.05, 4.69) is 28.9 Å². The molecular weight excluding hydrogens is 430 g/mol. The molecule has 1 saturated heterocycles. The Kier molecular flexibility index (Phi) is 7.65. The first-order chi connectivity index (χ1) is 16.4. The Hall–Kier alpha value is -3.16. The summed E-state index contributed by atoms with van der Waals surface area (Å²) in [6.07, 6.45) is 2.77. The highest BCUT2D eigenvalue weighted by molar-refractivity contribution is 5.87. The molecule has 0 N–H and O–H groups in total. The summed E-state index contributed by atoms with van der Waals surface area (Å²) in [5.41, 5.74) is 1.79. The third-order valence-corrected chi connectivity index (χ3v) is 6.36. The zero-order valence-corrected chi connectivity index (χ0v) is 20.4. The zero-order valence-electron chi connectivity index (χ0n) is 20.4. The molecule has 182 valence electrons. The van der Waals surface area contributed by atoms with Crippen molar-refractivity contribution in [1.29, 1.82) is 0 Å². The molecule has 0 unspecified atom stereocenters. The van der Waals surface area contributed by atoms with Crippen LogP contribution in [0.5, 0.6) is 5.75 Å². The van der Waals surface area contributed by atoms with Gasteiger partial charge in [0.2, 0.25) is 11.8 Å². The van der Waals surface area contributed by atoms with Gasteiger partial charge in [0.1, 0.15) is 5.75 Å². The fourth-order valence-corrected chi connectivity index (χ4v) is 4.33. The molecule has 0 atom stereocenters. The summed E-state index contributed by atoms with van der Waals surface area (Å²) in [7, 11) is 1.65. The second-order valence-corrected chi connectivity index (χ2v) is 9.61. The molecule has 0 bridgehead atoms. The quantitative estimate of drug-likeness (QED) is 0.596. The maximum atomic E-state index is 13.1. The number of benzene rings is 1. The summed E-state index contributed by atoms with van der Waals surface area (Å²) in [6.45, 7) is 7.82. The van der Waals surface area contributed by atoms with Crippen molar-refractivity contribution < 1.29 is 14.3 Å². The van der Waals surface area contributed by atoms with E-state index in [0.29, 0.717) is 32.1 Å². The van der Waals surface area contributed by atoms with Crippen molar-refractivity contribution in [2.75, 3.05) is 51.3 Å². The smallest absolute Gasteiger partial charge is 0.242 e. The SMILES string of the molecule is COc1ccc(-c2ccc(N3CCCN(C(=O)CN(CC(C)C)C(=O)C4CC4)CC3)nn2)cc1. The second kappa shape index (κ2) is 10.8. The Labute approximate surface area is 201 Å². The van der Waals surface area contributed by atoms with Crippen LogP contribution in [0.25, 0.3) is 11.3 Å². The minimum absolute atomic E-state index is 0.0393. The number of carbonyl (C=O) groups is 2. The third kappa shape index (κ3) is 6.04. The molecular formula is C26H35N5O3. The van der Waals surface area contributed by atoms with Crippen molar-refractivity contribution in [3.63, 3.8) is 0 Å². The maximum Gasteiger partial charge on any atom is 0.242 e. The molecule has 2 fully saturated rings. The fourth-order valence-electron chi connectivity index (χ4n) is 4.33. The Morgan fingerprint density at radius 2 is 1.79 bits per heavy atom. The lowest BCUT2D eigenvalue weighted by Crippen LogP contribution is -2.45. The Morgan fingerprint density at radius 3 is 2.41 bits per heavy atom. The van der Waals surface area contributed by atoms with Crippen molar-refractivity contribution in [3.8, 4) is 17.0 Å². The van der Waals surface area contributed by atoms with Crippen LogP contribution in [0.2, 0.25) is 0 Å². The van der Waals surface area contributed by atoms with E-state index in [1.54, 1.807) is 12.0 Å². The van der Waals surface area contributed by atoms with Gasteiger partial charge in [-0.05, 0) is 61.6 Å². The van der Waals surface area contributed by atoms with Gasteiger partial charge in [0.25, 0.3) is 0 Å². The van der Waals surface area contributed by atoms with Crippen molar-refractivity contribution in [2.45, 2.75) is 33.1 Å². The summed E-state index contributed by atoms with van der Waals surface area (Å²) < 4.78 is 5.21. The van der Waals surface area contributed by atoms with Gasteiger partial charge in [0.15, 0.2) is 5.82 Å². The molecule has 0 radical (unpaired) electrons. The van der Waals surface area contributed by atoms with Crippen molar-refractivity contribution in [1.82, 2.24) is 20.0 Å². The van der Waals surface area contributed by atoms with Crippen molar-refractivity contribution in [3.05, 3.63) is 36.4 Å². The normalized spacial score (nSPS) is 16.4. The molecule has 34 heavy (non-hydrogen) atoms. The number of hydrogen-bond acceptors (Lipinski definition) is 6. The van der Waals surface area contributed by atoms with E-state index in [4.69, 9.17) is 4.74 Å². The summed E-state index contributed by atoms with van der Waals surface area (Å²) >= 11 is 0. The van der Waals surface area contributed by atoms with Gasteiger partial charge in [-0.2, -0.15) is 0 Å². The predicted octanol–water partition coefficient (Wildman–Crippen LogP) is 3.09. The van der Waals surface area contributed by atoms with Crippen LogP contribution in [0, 0.1) is 11.8 Å². The Bertz CT molecular complexity index is 973. The summed E-state index contributed by atoms with van der Waals surface area (Å²) in [6, 6.07) is 11.7. The summed E-state index contributed by atoms with van der Waals surface area (Å²) in [5.74, 6) is 2.28. The molecule has 2 amide bonds. The lowest BCUT2D eigenvalue weighted by atomic mass is 10.1. The first-order valence-electron chi connectivity index (χ1n) is 12.2. The van der Waals surface area contributed by atoms with Gasteiger partial charge >= 0.3 is 0 Å². The molecule has 2 heterocycles. The van der Waals surface area contributed by atoms with E-state index in [0.717, 1.165) is 48.6 Å². The summed E-state index contributed by atoms with van der Waals surface area (Å²) in [5, 5.41) is 8.87.